The minimum atomic E-state index is -0.0267. The van der Waals surface area contributed by atoms with Crippen LogP contribution in [0.15, 0.2) is 18.2 Å². The summed E-state index contributed by atoms with van der Waals surface area (Å²) in [5.74, 6) is -0.0267. The van der Waals surface area contributed by atoms with Gasteiger partial charge >= 0.3 is 0 Å². The van der Waals surface area contributed by atoms with Crippen LogP contribution in [0.4, 0.5) is 5.69 Å². The summed E-state index contributed by atoms with van der Waals surface area (Å²) in [7, 11) is 0. The van der Waals surface area contributed by atoms with Crippen molar-refractivity contribution in [3.8, 4) is 0 Å². The van der Waals surface area contributed by atoms with Gasteiger partial charge in [0, 0.05) is 18.7 Å². The van der Waals surface area contributed by atoms with E-state index in [0.717, 1.165) is 16.8 Å². The van der Waals surface area contributed by atoms with Gasteiger partial charge in [0.15, 0.2) is 0 Å². The molecule has 0 saturated heterocycles. The quantitative estimate of drug-likeness (QED) is 0.764. The second-order valence-electron chi connectivity index (χ2n) is 3.41. The Kier molecular flexibility index (Phi) is 3.65. The molecule has 0 fully saturated rings. The number of carbonyl (C=O) groups excluding carboxylic acids is 1. The van der Waals surface area contributed by atoms with Gasteiger partial charge in [-0.1, -0.05) is 12.1 Å². The van der Waals surface area contributed by atoms with Crippen molar-refractivity contribution in [2.45, 2.75) is 20.3 Å². The number of hydrogen-bond acceptors (Lipinski definition) is 2. The highest BCUT2D eigenvalue weighted by atomic mass is 16.1. The molecule has 0 aliphatic rings. The molecule has 0 radical (unpaired) electrons. The number of amides is 1. The monoisotopic (exact) mass is 192 g/mol. The molecular formula is C11H16N2O. The average molecular weight is 192 g/mol. The molecule has 0 saturated carbocycles. The van der Waals surface area contributed by atoms with Crippen LogP contribution in [0.25, 0.3) is 0 Å². The van der Waals surface area contributed by atoms with E-state index in [9.17, 15) is 4.79 Å². The Bertz CT molecular complexity index is 334. The molecule has 76 valence electrons. The standard InChI is InChI=1S/C11H16N2O/c1-8-3-4-9(2)10(7-8)13-11(14)5-6-12/h3-4,7H,5-6,12H2,1-2H3,(H,13,14). The van der Waals surface area contributed by atoms with E-state index in [1.807, 2.05) is 32.0 Å². The first-order valence-corrected chi connectivity index (χ1v) is 4.70. The van der Waals surface area contributed by atoms with Crippen molar-refractivity contribution in [2.24, 2.45) is 5.73 Å². The zero-order valence-electron chi connectivity index (χ0n) is 8.63. The maximum Gasteiger partial charge on any atom is 0.225 e. The molecule has 14 heavy (non-hydrogen) atoms. The minimum Gasteiger partial charge on any atom is -0.330 e. The Morgan fingerprint density at radius 2 is 2.14 bits per heavy atom. The van der Waals surface area contributed by atoms with E-state index in [-0.39, 0.29) is 5.91 Å². The highest BCUT2D eigenvalue weighted by Crippen LogP contribution is 2.16. The fraction of sp³-hybridized carbons (Fsp3) is 0.364. The molecule has 0 aliphatic heterocycles. The van der Waals surface area contributed by atoms with Gasteiger partial charge in [-0.05, 0) is 31.0 Å². The molecule has 0 spiro atoms. The van der Waals surface area contributed by atoms with E-state index in [4.69, 9.17) is 5.73 Å². The van der Waals surface area contributed by atoms with Crippen LogP contribution < -0.4 is 11.1 Å². The molecule has 3 N–H and O–H groups in total. The molecule has 0 heterocycles. The molecule has 0 atom stereocenters. The fourth-order valence-electron chi connectivity index (χ4n) is 1.21. The van der Waals surface area contributed by atoms with Crippen LogP contribution in [-0.2, 0) is 4.79 Å². The summed E-state index contributed by atoms with van der Waals surface area (Å²) in [6, 6.07) is 5.98. The third-order valence-corrected chi connectivity index (χ3v) is 2.04. The highest BCUT2D eigenvalue weighted by Gasteiger charge is 2.03. The van der Waals surface area contributed by atoms with Crippen molar-refractivity contribution in [3.63, 3.8) is 0 Å². The summed E-state index contributed by atoms with van der Waals surface area (Å²) in [6.07, 6.45) is 0.368. The Morgan fingerprint density at radius 3 is 2.79 bits per heavy atom. The minimum absolute atomic E-state index is 0.0267. The van der Waals surface area contributed by atoms with Crippen molar-refractivity contribution in [1.82, 2.24) is 0 Å². The van der Waals surface area contributed by atoms with E-state index in [2.05, 4.69) is 5.32 Å². The number of hydrogen-bond donors (Lipinski definition) is 2. The van der Waals surface area contributed by atoms with Crippen LogP contribution in [0, 0.1) is 13.8 Å². The normalized spacial score (nSPS) is 9.93. The maximum absolute atomic E-state index is 11.3. The molecule has 0 bridgehead atoms. The first-order chi connectivity index (χ1) is 6.63. The molecule has 1 aromatic carbocycles. The summed E-state index contributed by atoms with van der Waals surface area (Å²) in [4.78, 5) is 11.3. The molecule has 0 aromatic heterocycles. The van der Waals surface area contributed by atoms with E-state index < -0.39 is 0 Å². The summed E-state index contributed by atoms with van der Waals surface area (Å²) < 4.78 is 0. The number of nitrogens with two attached hydrogens (primary N) is 1. The van der Waals surface area contributed by atoms with Crippen LogP contribution in [-0.4, -0.2) is 12.5 Å². The Morgan fingerprint density at radius 1 is 1.43 bits per heavy atom. The average Bonchev–Trinajstić information content (AvgIpc) is 2.12. The summed E-state index contributed by atoms with van der Waals surface area (Å²) in [6.45, 7) is 4.35. The lowest BCUT2D eigenvalue weighted by Crippen LogP contribution is -2.16. The summed E-state index contributed by atoms with van der Waals surface area (Å²) in [5, 5.41) is 2.83. The van der Waals surface area contributed by atoms with Crippen LogP contribution in [0.5, 0.6) is 0 Å². The molecule has 0 aliphatic carbocycles. The second kappa shape index (κ2) is 4.77. The van der Waals surface area contributed by atoms with E-state index in [0.29, 0.717) is 13.0 Å². The predicted molar refractivity (Wildman–Crippen MR) is 58.2 cm³/mol. The van der Waals surface area contributed by atoms with Gasteiger partial charge in [0.1, 0.15) is 0 Å². The Balaban J connectivity index is 2.75. The van der Waals surface area contributed by atoms with E-state index in [1.165, 1.54) is 0 Å². The SMILES string of the molecule is Cc1ccc(C)c(NC(=O)CCN)c1. The highest BCUT2D eigenvalue weighted by molar-refractivity contribution is 5.91. The molecule has 0 unspecified atom stereocenters. The maximum atomic E-state index is 11.3. The summed E-state index contributed by atoms with van der Waals surface area (Å²) >= 11 is 0. The Hall–Kier alpha value is -1.35. The summed E-state index contributed by atoms with van der Waals surface area (Å²) in [5.41, 5.74) is 8.38. The van der Waals surface area contributed by atoms with Gasteiger partial charge in [0.25, 0.3) is 0 Å². The van der Waals surface area contributed by atoms with Gasteiger partial charge in [-0.3, -0.25) is 4.79 Å². The third-order valence-electron chi connectivity index (χ3n) is 2.04. The molecule has 1 amide bonds. The number of aryl methyl sites for hydroxylation is 2. The number of rotatable bonds is 3. The lowest BCUT2D eigenvalue weighted by Gasteiger charge is -2.08. The van der Waals surface area contributed by atoms with Crippen LogP contribution in [0.1, 0.15) is 17.5 Å². The lowest BCUT2D eigenvalue weighted by molar-refractivity contribution is -0.116. The smallest absolute Gasteiger partial charge is 0.225 e. The molecular weight excluding hydrogens is 176 g/mol. The first-order valence-electron chi connectivity index (χ1n) is 4.70. The van der Waals surface area contributed by atoms with Gasteiger partial charge in [-0.15, -0.1) is 0 Å². The van der Waals surface area contributed by atoms with Crippen molar-refractivity contribution in [3.05, 3.63) is 29.3 Å². The van der Waals surface area contributed by atoms with Gasteiger partial charge in [0.05, 0.1) is 0 Å². The fourth-order valence-corrected chi connectivity index (χ4v) is 1.21. The van der Waals surface area contributed by atoms with Crippen LogP contribution in [0.3, 0.4) is 0 Å². The largest absolute Gasteiger partial charge is 0.330 e. The van der Waals surface area contributed by atoms with Crippen molar-refractivity contribution in [2.75, 3.05) is 11.9 Å². The zero-order chi connectivity index (χ0) is 10.6. The van der Waals surface area contributed by atoms with Crippen LogP contribution >= 0.6 is 0 Å². The molecule has 3 nitrogen and oxygen atoms in total. The van der Waals surface area contributed by atoms with Gasteiger partial charge in [0.2, 0.25) is 5.91 Å². The third kappa shape index (κ3) is 2.85. The number of nitrogens with one attached hydrogen (secondary N) is 1. The van der Waals surface area contributed by atoms with E-state index in [1.54, 1.807) is 0 Å². The zero-order valence-corrected chi connectivity index (χ0v) is 8.63. The number of anilines is 1. The second-order valence-corrected chi connectivity index (χ2v) is 3.41. The lowest BCUT2D eigenvalue weighted by atomic mass is 10.1. The number of benzene rings is 1. The molecule has 3 heteroatoms. The van der Waals surface area contributed by atoms with Crippen molar-refractivity contribution < 1.29 is 4.79 Å². The molecule has 1 rings (SSSR count). The van der Waals surface area contributed by atoms with Crippen molar-refractivity contribution >= 4 is 11.6 Å². The number of carbonyl (C=O) groups is 1. The van der Waals surface area contributed by atoms with Gasteiger partial charge in [-0.2, -0.15) is 0 Å². The predicted octanol–water partition coefficient (Wildman–Crippen LogP) is 1.59. The van der Waals surface area contributed by atoms with Gasteiger partial charge < -0.3 is 11.1 Å². The first kappa shape index (κ1) is 10.7. The van der Waals surface area contributed by atoms with Gasteiger partial charge in [-0.25, -0.2) is 0 Å². The van der Waals surface area contributed by atoms with Crippen molar-refractivity contribution in [1.29, 1.82) is 0 Å². The van der Waals surface area contributed by atoms with Crippen LogP contribution in [0.2, 0.25) is 0 Å². The Labute approximate surface area is 84.3 Å². The molecule has 1 aromatic rings. The van der Waals surface area contributed by atoms with E-state index >= 15 is 0 Å². The topological polar surface area (TPSA) is 55.1 Å².